The molecule has 9 heavy (non-hydrogen) atoms. The minimum atomic E-state index is -2.41. The van der Waals surface area contributed by atoms with Gasteiger partial charge in [-0.3, -0.25) is 0 Å². The molecule has 0 aliphatic heterocycles. The lowest BCUT2D eigenvalue weighted by molar-refractivity contribution is -0.00720. The van der Waals surface area contributed by atoms with Gasteiger partial charge in [0.2, 0.25) is 0 Å². The predicted molar refractivity (Wildman–Crippen MR) is 34.7 cm³/mol. The zero-order valence-corrected chi connectivity index (χ0v) is 4.53. The molecule has 2 heteroatoms. The van der Waals surface area contributed by atoms with Gasteiger partial charge in [0.05, 0.1) is 0 Å². The Morgan fingerprint density at radius 1 is 1.22 bits per heavy atom. The topological polar surface area (TPSA) is 0 Å². The van der Waals surface area contributed by atoms with Crippen molar-refractivity contribution in [3.8, 4) is 0 Å². The smallest absolute Gasteiger partial charge is 0.207 e. The Morgan fingerprint density at radius 3 is 2.11 bits per heavy atom. The average molecular weight is 134 g/mol. The van der Waals surface area contributed by atoms with Gasteiger partial charge < -0.3 is 0 Å². The van der Waals surface area contributed by atoms with Gasteiger partial charge in [0.25, 0.3) is 5.92 Å². The Morgan fingerprint density at radius 2 is 1.89 bits per heavy atom. The summed E-state index contributed by atoms with van der Waals surface area (Å²) in [6.45, 7) is 0. The van der Waals surface area contributed by atoms with Crippen LogP contribution in [-0.4, -0.2) is 5.92 Å². The Kier molecular flexibility index (Phi) is 2.82. The van der Waals surface area contributed by atoms with Crippen LogP contribution < -0.4 is 0 Å². The maximum Gasteiger partial charge on any atom is 0.251 e. The van der Waals surface area contributed by atoms with E-state index in [9.17, 15) is 8.78 Å². The third-order valence-electron chi connectivity index (χ3n) is 1.26. The summed E-state index contributed by atoms with van der Waals surface area (Å²) in [7, 11) is 0. The van der Waals surface area contributed by atoms with Gasteiger partial charge in [-0.2, -0.15) is 0 Å². The fourth-order valence-corrected chi connectivity index (χ4v) is 0.770. The lowest BCUT2D eigenvalue weighted by Gasteiger charge is -2.15. The molecule has 0 spiro atoms. The van der Waals surface area contributed by atoms with Crippen LogP contribution in [0.2, 0.25) is 0 Å². The van der Waals surface area contributed by atoms with E-state index < -0.39 is 5.92 Å². The second kappa shape index (κ2) is 2.95. The third-order valence-corrected chi connectivity index (χ3v) is 1.26. The Hall–Kier alpha value is -0.400. The molecule has 0 fully saturated rings. The molecule has 0 bridgehead atoms. The van der Waals surface area contributed by atoms with Gasteiger partial charge in [-0.25, -0.2) is 8.78 Å². The molecule has 1 aliphatic rings. The fourth-order valence-electron chi connectivity index (χ4n) is 0.770. The van der Waals surface area contributed by atoms with Crippen LogP contribution >= 0.6 is 0 Å². The van der Waals surface area contributed by atoms with E-state index in [1.807, 2.05) is 0 Å². The van der Waals surface area contributed by atoms with E-state index in [1.165, 1.54) is 0 Å². The van der Waals surface area contributed by atoms with Gasteiger partial charge in [-0.05, 0) is 6.42 Å². The summed E-state index contributed by atoms with van der Waals surface area (Å²) >= 11 is 0. The quantitative estimate of drug-likeness (QED) is 0.447. The Labute approximate surface area is 54.6 Å². The van der Waals surface area contributed by atoms with Gasteiger partial charge in [-0.1, -0.05) is 19.6 Å². The largest absolute Gasteiger partial charge is 0.251 e. The number of alkyl halides is 2. The van der Waals surface area contributed by atoms with E-state index in [0.717, 1.165) is 0 Å². The van der Waals surface area contributed by atoms with E-state index in [4.69, 9.17) is 0 Å². The first-order valence-electron chi connectivity index (χ1n) is 2.73. The molecule has 0 unspecified atom stereocenters. The Bertz CT molecular complexity index is 105. The fraction of sp³-hybridized carbons (Fsp3) is 0.714. The molecule has 0 atom stereocenters. The highest BCUT2D eigenvalue weighted by Crippen LogP contribution is 2.28. The molecular formula is C7H12F2. The van der Waals surface area contributed by atoms with Gasteiger partial charge in [-0.15, -0.1) is 0 Å². The van der Waals surface area contributed by atoms with Crippen molar-refractivity contribution >= 4 is 0 Å². The number of halogens is 2. The summed E-state index contributed by atoms with van der Waals surface area (Å²) in [6, 6.07) is 0. The zero-order valence-electron chi connectivity index (χ0n) is 4.53. The second-order valence-corrected chi connectivity index (χ2v) is 2.07. The highest BCUT2D eigenvalue weighted by Gasteiger charge is 2.27. The molecule has 0 N–H and O–H groups in total. The summed E-state index contributed by atoms with van der Waals surface area (Å²) in [5.41, 5.74) is 0. The van der Waals surface area contributed by atoms with Crippen molar-refractivity contribution in [3.63, 3.8) is 0 Å². The average Bonchev–Trinajstić information content (AvgIpc) is 1.65. The third kappa shape index (κ3) is 2.59. The predicted octanol–water partition coefficient (Wildman–Crippen LogP) is 3.00. The van der Waals surface area contributed by atoms with Crippen molar-refractivity contribution in [2.75, 3.05) is 0 Å². The van der Waals surface area contributed by atoms with Crippen LogP contribution in [0.4, 0.5) is 8.78 Å². The maximum atomic E-state index is 12.2. The lowest BCUT2D eigenvalue weighted by atomic mass is 10.0. The van der Waals surface area contributed by atoms with Crippen LogP contribution in [0.1, 0.15) is 26.7 Å². The van der Waals surface area contributed by atoms with E-state index in [1.54, 1.807) is 12.2 Å². The van der Waals surface area contributed by atoms with Crippen molar-refractivity contribution in [1.29, 1.82) is 0 Å². The van der Waals surface area contributed by atoms with Gasteiger partial charge >= 0.3 is 0 Å². The summed E-state index contributed by atoms with van der Waals surface area (Å²) in [6.07, 6.45) is 3.85. The summed E-state index contributed by atoms with van der Waals surface area (Å²) in [4.78, 5) is 0. The highest BCUT2D eigenvalue weighted by molar-refractivity contribution is 4.93. The monoisotopic (exact) mass is 134 g/mol. The molecule has 0 aromatic heterocycles. The van der Waals surface area contributed by atoms with Gasteiger partial charge in [0, 0.05) is 12.8 Å². The summed E-state index contributed by atoms with van der Waals surface area (Å²) in [5, 5.41) is 0. The summed E-state index contributed by atoms with van der Waals surface area (Å²) in [5.74, 6) is -2.41. The molecule has 0 saturated heterocycles. The van der Waals surface area contributed by atoms with Crippen LogP contribution in [0.5, 0.6) is 0 Å². The van der Waals surface area contributed by atoms with Crippen molar-refractivity contribution in [2.24, 2.45) is 0 Å². The SMILES string of the molecule is C.FC1(F)CC=CCC1. The van der Waals surface area contributed by atoms with Gasteiger partial charge in [0.1, 0.15) is 0 Å². The number of allylic oxidation sites excluding steroid dienone is 2. The minimum absolute atomic E-state index is 0. The summed E-state index contributed by atoms with van der Waals surface area (Å²) < 4.78 is 24.3. The van der Waals surface area contributed by atoms with Crippen molar-refractivity contribution in [3.05, 3.63) is 12.2 Å². The Balaban J connectivity index is 0.000000640. The second-order valence-electron chi connectivity index (χ2n) is 2.07. The zero-order chi connectivity index (χ0) is 6.04. The normalized spacial score (nSPS) is 22.9. The van der Waals surface area contributed by atoms with Crippen molar-refractivity contribution in [2.45, 2.75) is 32.6 Å². The van der Waals surface area contributed by atoms with Crippen LogP contribution in [-0.2, 0) is 0 Å². The first kappa shape index (κ1) is 8.60. The van der Waals surface area contributed by atoms with Gasteiger partial charge in [0.15, 0.2) is 0 Å². The highest BCUT2D eigenvalue weighted by atomic mass is 19.3. The molecular weight excluding hydrogens is 122 g/mol. The molecule has 0 nitrogen and oxygen atoms in total. The molecule has 54 valence electrons. The van der Waals surface area contributed by atoms with E-state index in [2.05, 4.69) is 0 Å². The van der Waals surface area contributed by atoms with E-state index in [0.29, 0.717) is 6.42 Å². The van der Waals surface area contributed by atoms with Crippen molar-refractivity contribution < 1.29 is 8.78 Å². The van der Waals surface area contributed by atoms with E-state index >= 15 is 0 Å². The standard InChI is InChI=1S/C6H8F2.CH4/c7-6(8)4-2-1-3-5-6;/h1-2H,3-5H2;1H4. The molecule has 0 radical (unpaired) electrons. The van der Waals surface area contributed by atoms with E-state index in [-0.39, 0.29) is 20.3 Å². The first-order valence-corrected chi connectivity index (χ1v) is 2.73. The van der Waals surface area contributed by atoms with Crippen LogP contribution in [0.25, 0.3) is 0 Å². The molecule has 1 aliphatic carbocycles. The molecule has 0 amide bonds. The molecule has 0 heterocycles. The minimum Gasteiger partial charge on any atom is -0.207 e. The van der Waals surface area contributed by atoms with Crippen LogP contribution in [0.15, 0.2) is 12.2 Å². The molecule has 1 rings (SSSR count). The van der Waals surface area contributed by atoms with Crippen LogP contribution in [0, 0.1) is 0 Å². The molecule has 0 aromatic rings. The van der Waals surface area contributed by atoms with Crippen LogP contribution in [0.3, 0.4) is 0 Å². The first-order chi connectivity index (χ1) is 3.71. The maximum absolute atomic E-state index is 12.2. The molecule has 0 aromatic carbocycles. The number of rotatable bonds is 0. The number of hydrogen-bond acceptors (Lipinski definition) is 0. The molecule has 0 saturated carbocycles. The van der Waals surface area contributed by atoms with Crippen molar-refractivity contribution in [1.82, 2.24) is 0 Å². The lowest BCUT2D eigenvalue weighted by Crippen LogP contribution is -2.16. The number of hydrogen-bond donors (Lipinski definition) is 0.